The largest absolute Gasteiger partial charge is 0.443 e. The minimum absolute atomic E-state index is 0.310. The van der Waals surface area contributed by atoms with Crippen LogP contribution in [0.15, 0.2) is 41.1 Å². The molecule has 2 aromatic carbocycles. The van der Waals surface area contributed by atoms with Crippen molar-refractivity contribution < 1.29 is 9.21 Å². The van der Waals surface area contributed by atoms with Crippen molar-refractivity contribution in [2.24, 2.45) is 0 Å². The number of amides is 1. The summed E-state index contributed by atoms with van der Waals surface area (Å²) in [5, 5.41) is 3.89. The van der Waals surface area contributed by atoms with Gasteiger partial charge >= 0.3 is 0 Å². The molecule has 1 N–H and O–H groups in total. The van der Waals surface area contributed by atoms with Gasteiger partial charge in [0.05, 0.1) is 21.3 Å². The summed E-state index contributed by atoms with van der Waals surface area (Å²) in [7, 11) is 2.24. The first-order valence-electron chi connectivity index (χ1n) is 10.4. The molecular formula is C23H23Cl2N3O2. The van der Waals surface area contributed by atoms with Gasteiger partial charge in [0.15, 0.2) is 12.0 Å². The van der Waals surface area contributed by atoms with Gasteiger partial charge in [-0.2, -0.15) is 0 Å². The van der Waals surface area contributed by atoms with E-state index in [0.717, 1.165) is 18.4 Å². The second-order valence-electron chi connectivity index (χ2n) is 8.36. The van der Waals surface area contributed by atoms with E-state index >= 15 is 0 Å². The lowest BCUT2D eigenvalue weighted by atomic mass is 9.76. The standard InChI is InChI=1S/C23H23Cl2N3O2/c1-28-14-4-2-5-15(28)11-13(10-14)16-8-9-18(24)22(20(16)25)27-23(29)17-6-3-7-19-21(17)26-12-30-19/h3,6-9,12-15H,2,4-5,10-11H2,1H3,(H,27,29). The van der Waals surface area contributed by atoms with Crippen molar-refractivity contribution in [3.05, 3.63) is 57.9 Å². The summed E-state index contributed by atoms with van der Waals surface area (Å²) >= 11 is 13.3. The first-order chi connectivity index (χ1) is 14.5. The topological polar surface area (TPSA) is 58.4 Å². The van der Waals surface area contributed by atoms with E-state index in [-0.39, 0.29) is 5.91 Å². The summed E-state index contributed by atoms with van der Waals surface area (Å²) in [6, 6.07) is 10.3. The Kier molecular flexibility index (Phi) is 5.21. The van der Waals surface area contributed by atoms with Gasteiger partial charge in [0, 0.05) is 12.1 Å². The Labute approximate surface area is 185 Å². The molecular weight excluding hydrogens is 421 g/mol. The third kappa shape index (κ3) is 3.39. The summed E-state index contributed by atoms with van der Waals surface area (Å²) < 4.78 is 5.30. The number of carbonyl (C=O) groups is 1. The van der Waals surface area contributed by atoms with E-state index in [4.69, 9.17) is 27.6 Å². The second-order valence-corrected chi connectivity index (χ2v) is 9.14. The van der Waals surface area contributed by atoms with Crippen LogP contribution >= 0.6 is 23.2 Å². The summed E-state index contributed by atoms with van der Waals surface area (Å²) in [5.41, 5.74) is 3.03. The highest BCUT2D eigenvalue weighted by Gasteiger charge is 2.37. The normalized spacial score (nSPS) is 24.2. The fourth-order valence-electron chi connectivity index (χ4n) is 5.12. The average molecular weight is 444 g/mol. The molecule has 7 heteroatoms. The maximum Gasteiger partial charge on any atom is 0.258 e. The summed E-state index contributed by atoms with van der Waals surface area (Å²) in [6.45, 7) is 0. The number of halogens is 2. The van der Waals surface area contributed by atoms with Crippen LogP contribution in [0.5, 0.6) is 0 Å². The van der Waals surface area contributed by atoms with Crippen molar-refractivity contribution in [2.75, 3.05) is 12.4 Å². The molecule has 3 heterocycles. The molecule has 2 atom stereocenters. The first kappa shape index (κ1) is 19.9. The van der Waals surface area contributed by atoms with E-state index < -0.39 is 0 Å². The number of anilines is 1. The Morgan fingerprint density at radius 2 is 1.93 bits per heavy atom. The van der Waals surface area contributed by atoms with Crippen LogP contribution < -0.4 is 5.32 Å². The fourth-order valence-corrected chi connectivity index (χ4v) is 5.74. The van der Waals surface area contributed by atoms with E-state index in [1.807, 2.05) is 12.1 Å². The lowest BCUT2D eigenvalue weighted by molar-refractivity contribution is 0.0555. The number of nitrogens with zero attached hydrogens (tertiary/aromatic N) is 2. The zero-order chi connectivity index (χ0) is 20.8. The third-order valence-corrected chi connectivity index (χ3v) is 7.47. The van der Waals surface area contributed by atoms with Gasteiger partial charge in [-0.05, 0) is 62.4 Å². The number of fused-ring (bicyclic) bond motifs is 3. The summed E-state index contributed by atoms with van der Waals surface area (Å²) in [4.78, 5) is 19.7. The number of para-hydroxylation sites is 1. The molecule has 156 valence electrons. The van der Waals surface area contributed by atoms with Gasteiger partial charge in [-0.3, -0.25) is 4.79 Å². The number of hydrogen-bond acceptors (Lipinski definition) is 4. The molecule has 1 amide bonds. The number of benzene rings is 2. The molecule has 2 bridgehead atoms. The molecule has 1 aromatic heterocycles. The van der Waals surface area contributed by atoms with Gasteiger partial charge < -0.3 is 14.6 Å². The molecule has 2 unspecified atom stereocenters. The molecule has 2 aliphatic rings. The number of oxazole rings is 1. The Morgan fingerprint density at radius 1 is 1.17 bits per heavy atom. The lowest BCUT2D eigenvalue weighted by Gasteiger charge is -2.47. The van der Waals surface area contributed by atoms with Crippen LogP contribution in [-0.2, 0) is 0 Å². The first-order valence-corrected chi connectivity index (χ1v) is 11.1. The molecule has 2 saturated heterocycles. The molecule has 0 aliphatic carbocycles. The van der Waals surface area contributed by atoms with Crippen molar-refractivity contribution in [3.63, 3.8) is 0 Å². The van der Waals surface area contributed by atoms with Crippen LogP contribution in [-0.4, -0.2) is 34.9 Å². The summed E-state index contributed by atoms with van der Waals surface area (Å²) in [6.07, 6.45) is 7.27. The smallest absolute Gasteiger partial charge is 0.258 e. The van der Waals surface area contributed by atoms with E-state index in [1.165, 1.54) is 25.7 Å². The van der Waals surface area contributed by atoms with Gasteiger partial charge in [-0.1, -0.05) is 41.8 Å². The van der Waals surface area contributed by atoms with E-state index in [1.54, 1.807) is 18.2 Å². The van der Waals surface area contributed by atoms with Crippen molar-refractivity contribution in [1.29, 1.82) is 0 Å². The maximum absolute atomic E-state index is 13.0. The van der Waals surface area contributed by atoms with Gasteiger partial charge in [0.1, 0.15) is 5.52 Å². The van der Waals surface area contributed by atoms with Crippen molar-refractivity contribution in [3.8, 4) is 0 Å². The quantitative estimate of drug-likeness (QED) is 0.529. The number of rotatable bonds is 3. The SMILES string of the molecule is CN1C2CCCC1CC(c1ccc(Cl)c(NC(=O)c3cccc4ocnc34)c1Cl)C2. The van der Waals surface area contributed by atoms with Gasteiger partial charge in [0.2, 0.25) is 0 Å². The molecule has 5 nitrogen and oxygen atoms in total. The minimum atomic E-state index is -0.310. The van der Waals surface area contributed by atoms with Gasteiger partial charge in [0.25, 0.3) is 5.91 Å². The molecule has 0 radical (unpaired) electrons. The minimum Gasteiger partial charge on any atom is -0.443 e. The highest BCUT2D eigenvalue weighted by molar-refractivity contribution is 6.40. The molecule has 2 aliphatic heterocycles. The molecule has 3 aromatic rings. The highest BCUT2D eigenvalue weighted by atomic mass is 35.5. The van der Waals surface area contributed by atoms with E-state index in [2.05, 4.69) is 22.2 Å². The predicted octanol–water partition coefficient (Wildman–Crippen LogP) is 6.12. The number of carbonyl (C=O) groups excluding carboxylic acids is 1. The van der Waals surface area contributed by atoms with Crippen LogP contribution in [0.3, 0.4) is 0 Å². The van der Waals surface area contributed by atoms with E-state index in [9.17, 15) is 4.79 Å². The lowest BCUT2D eigenvalue weighted by Crippen LogP contribution is -2.49. The van der Waals surface area contributed by atoms with Crippen LogP contribution in [0.1, 0.15) is 53.9 Å². The molecule has 0 spiro atoms. The molecule has 0 saturated carbocycles. The predicted molar refractivity (Wildman–Crippen MR) is 120 cm³/mol. The number of hydrogen-bond donors (Lipinski definition) is 1. The van der Waals surface area contributed by atoms with Crippen LogP contribution in [0, 0.1) is 0 Å². The van der Waals surface area contributed by atoms with Crippen LogP contribution in [0.4, 0.5) is 5.69 Å². The average Bonchev–Trinajstić information content (AvgIpc) is 3.20. The Balaban J connectivity index is 1.45. The van der Waals surface area contributed by atoms with Crippen LogP contribution in [0.2, 0.25) is 10.0 Å². The fraction of sp³-hybridized carbons (Fsp3) is 0.391. The number of nitrogens with one attached hydrogen (secondary N) is 1. The van der Waals surface area contributed by atoms with Gasteiger partial charge in [-0.25, -0.2) is 4.98 Å². The zero-order valence-electron chi connectivity index (χ0n) is 16.7. The Hall–Kier alpha value is -2.08. The zero-order valence-corrected chi connectivity index (χ0v) is 18.2. The van der Waals surface area contributed by atoms with Crippen molar-refractivity contribution >= 4 is 45.9 Å². The molecule has 2 fully saturated rings. The Bertz CT molecular complexity index is 1100. The molecule has 30 heavy (non-hydrogen) atoms. The Morgan fingerprint density at radius 3 is 2.70 bits per heavy atom. The highest BCUT2D eigenvalue weighted by Crippen LogP contribution is 2.45. The third-order valence-electron chi connectivity index (χ3n) is 6.74. The number of aromatic nitrogens is 1. The number of piperidine rings is 2. The monoisotopic (exact) mass is 443 g/mol. The maximum atomic E-state index is 13.0. The van der Waals surface area contributed by atoms with Crippen LogP contribution in [0.25, 0.3) is 11.1 Å². The second kappa shape index (κ2) is 7.88. The van der Waals surface area contributed by atoms with Crippen molar-refractivity contribution in [2.45, 2.75) is 50.1 Å². The van der Waals surface area contributed by atoms with E-state index in [0.29, 0.717) is 50.4 Å². The summed E-state index contributed by atoms with van der Waals surface area (Å²) in [5.74, 6) is 0.0617. The van der Waals surface area contributed by atoms with Crippen molar-refractivity contribution in [1.82, 2.24) is 9.88 Å². The van der Waals surface area contributed by atoms with Gasteiger partial charge in [-0.15, -0.1) is 0 Å². The molecule has 5 rings (SSSR count).